The summed E-state index contributed by atoms with van der Waals surface area (Å²) in [6.07, 6.45) is 2.06. The van der Waals surface area contributed by atoms with Gasteiger partial charge in [-0.2, -0.15) is 0 Å². The Balaban J connectivity index is 1.46. The fraction of sp³-hybridized carbons (Fsp3) is 0.421. The number of nitrogens with one attached hydrogen (secondary N) is 1. The molecule has 0 radical (unpaired) electrons. The first-order chi connectivity index (χ1) is 12.3. The highest BCUT2D eigenvalue weighted by atomic mass is 32.1. The topological polar surface area (TPSA) is 50.8 Å². The number of methoxy groups -OCH3 is 1. The summed E-state index contributed by atoms with van der Waals surface area (Å²) in [6.45, 7) is 2.50. The minimum atomic E-state index is -0.00460. The summed E-state index contributed by atoms with van der Waals surface area (Å²) in [7, 11) is 1.68. The summed E-state index contributed by atoms with van der Waals surface area (Å²) in [5.41, 5.74) is 1.12. The van der Waals surface area contributed by atoms with Gasteiger partial charge in [-0.1, -0.05) is 18.2 Å². The Morgan fingerprint density at radius 3 is 3.00 bits per heavy atom. The summed E-state index contributed by atoms with van der Waals surface area (Å²) >= 11 is 1.64. The molecule has 1 aliphatic rings. The molecule has 0 spiro atoms. The molecule has 2 heterocycles. The number of carbonyl (C=O) groups is 1. The van der Waals surface area contributed by atoms with E-state index in [9.17, 15) is 4.79 Å². The van der Waals surface area contributed by atoms with E-state index < -0.39 is 0 Å². The molecule has 0 saturated carbocycles. The summed E-state index contributed by atoms with van der Waals surface area (Å²) in [4.78, 5) is 15.4. The third kappa shape index (κ3) is 4.96. The number of carbonyl (C=O) groups excluding carboxylic acids is 1. The van der Waals surface area contributed by atoms with Gasteiger partial charge in [0.15, 0.2) is 0 Å². The average molecular weight is 360 g/mol. The van der Waals surface area contributed by atoms with Crippen molar-refractivity contribution < 1.29 is 14.3 Å². The molecular formula is C19H24N2O3S. The molecule has 2 amide bonds. The quantitative estimate of drug-likeness (QED) is 0.820. The van der Waals surface area contributed by atoms with Gasteiger partial charge in [0.25, 0.3) is 0 Å². The van der Waals surface area contributed by atoms with Crippen molar-refractivity contribution in [1.82, 2.24) is 10.2 Å². The Morgan fingerprint density at radius 1 is 1.36 bits per heavy atom. The number of hydrogen-bond acceptors (Lipinski definition) is 4. The standard InChI is InChI=1S/C19H24N2O3S/c1-23-13-16-6-5-9-21(16)19(22)20-11-18-10-15(14-25-18)12-24-17-7-3-2-4-8-17/h2-4,7-8,10,14,16H,5-6,9,11-13H2,1H3,(H,20,22)/t16-/m0/s1. The van der Waals surface area contributed by atoms with Crippen molar-refractivity contribution in [3.63, 3.8) is 0 Å². The van der Waals surface area contributed by atoms with E-state index in [2.05, 4.69) is 16.8 Å². The lowest BCUT2D eigenvalue weighted by molar-refractivity contribution is 0.123. The highest BCUT2D eigenvalue weighted by Gasteiger charge is 2.28. The van der Waals surface area contributed by atoms with Crippen LogP contribution in [-0.2, 0) is 17.9 Å². The van der Waals surface area contributed by atoms with E-state index >= 15 is 0 Å². The van der Waals surface area contributed by atoms with Crippen LogP contribution in [0.3, 0.4) is 0 Å². The first-order valence-corrected chi connectivity index (χ1v) is 9.42. The number of amides is 2. The maximum atomic E-state index is 12.4. The second-order valence-corrected chi connectivity index (χ2v) is 7.12. The van der Waals surface area contributed by atoms with E-state index in [4.69, 9.17) is 9.47 Å². The number of thiophene rings is 1. The molecule has 25 heavy (non-hydrogen) atoms. The molecule has 1 N–H and O–H groups in total. The van der Waals surface area contributed by atoms with Crippen molar-refractivity contribution in [3.05, 3.63) is 52.2 Å². The van der Waals surface area contributed by atoms with Crippen LogP contribution >= 0.6 is 11.3 Å². The Hall–Kier alpha value is -2.05. The average Bonchev–Trinajstić information content (AvgIpc) is 3.28. The van der Waals surface area contributed by atoms with Crippen LogP contribution in [-0.4, -0.2) is 37.2 Å². The predicted molar refractivity (Wildman–Crippen MR) is 98.9 cm³/mol. The number of nitrogens with zero attached hydrogens (tertiary/aromatic N) is 1. The van der Waals surface area contributed by atoms with E-state index in [-0.39, 0.29) is 12.1 Å². The highest BCUT2D eigenvalue weighted by Crippen LogP contribution is 2.19. The lowest BCUT2D eigenvalue weighted by Crippen LogP contribution is -2.44. The van der Waals surface area contributed by atoms with Crippen LogP contribution in [0.25, 0.3) is 0 Å². The molecule has 1 aromatic carbocycles. The molecule has 0 aliphatic carbocycles. The Morgan fingerprint density at radius 2 is 2.20 bits per heavy atom. The lowest BCUT2D eigenvalue weighted by Gasteiger charge is -2.24. The molecule has 3 rings (SSSR count). The third-order valence-corrected chi connectivity index (χ3v) is 5.25. The number of urea groups is 1. The molecule has 0 bridgehead atoms. The molecule has 2 aromatic rings. The number of benzene rings is 1. The van der Waals surface area contributed by atoms with Crippen LogP contribution in [0.5, 0.6) is 5.75 Å². The first-order valence-electron chi connectivity index (χ1n) is 8.54. The minimum Gasteiger partial charge on any atom is -0.489 e. The van der Waals surface area contributed by atoms with Gasteiger partial charge in [0.2, 0.25) is 0 Å². The maximum Gasteiger partial charge on any atom is 0.318 e. The van der Waals surface area contributed by atoms with Crippen LogP contribution in [0.2, 0.25) is 0 Å². The fourth-order valence-electron chi connectivity index (χ4n) is 3.01. The normalized spacial score (nSPS) is 16.8. The van der Waals surface area contributed by atoms with Crippen LogP contribution in [0.4, 0.5) is 4.79 Å². The van der Waals surface area contributed by atoms with Gasteiger partial charge in [0.05, 0.1) is 19.2 Å². The van der Waals surface area contributed by atoms with Crippen molar-refractivity contribution in [2.75, 3.05) is 20.3 Å². The van der Waals surface area contributed by atoms with Crippen molar-refractivity contribution >= 4 is 17.4 Å². The van der Waals surface area contributed by atoms with Crippen molar-refractivity contribution in [2.45, 2.75) is 32.0 Å². The monoisotopic (exact) mass is 360 g/mol. The molecule has 5 nitrogen and oxygen atoms in total. The molecule has 1 saturated heterocycles. The van der Waals surface area contributed by atoms with Gasteiger partial charge in [-0.25, -0.2) is 4.79 Å². The zero-order valence-corrected chi connectivity index (χ0v) is 15.3. The van der Waals surface area contributed by atoms with Crippen molar-refractivity contribution in [1.29, 1.82) is 0 Å². The third-order valence-electron chi connectivity index (χ3n) is 4.27. The Bertz CT molecular complexity index is 674. The molecule has 6 heteroatoms. The number of hydrogen-bond donors (Lipinski definition) is 1. The van der Waals surface area contributed by atoms with Gasteiger partial charge in [-0.15, -0.1) is 11.3 Å². The summed E-state index contributed by atoms with van der Waals surface area (Å²) in [5.74, 6) is 0.863. The van der Waals surface area contributed by atoms with Crippen molar-refractivity contribution in [3.8, 4) is 5.75 Å². The number of likely N-dealkylation sites (tertiary alicyclic amines) is 1. The zero-order chi connectivity index (χ0) is 17.5. The molecule has 134 valence electrons. The zero-order valence-electron chi connectivity index (χ0n) is 14.4. The van der Waals surface area contributed by atoms with Gasteiger partial charge < -0.3 is 19.7 Å². The Kier molecular flexibility index (Phi) is 6.30. The Labute approximate surface area is 152 Å². The number of para-hydroxylation sites is 1. The molecule has 0 unspecified atom stereocenters. The smallest absolute Gasteiger partial charge is 0.318 e. The lowest BCUT2D eigenvalue weighted by atomic mass is 10.2. The van der Waals surface area contributed by atoms with Gasteiger partial charge in [-0.3, -0.25) is 0 Å². The van der Waals surface area contributed by atoms with Gasteiger partial charge in [0, 0.05) is 24.1 Å². The van der Waals surface area contributed by atoms with Crippen LogP contribution in [0, 0.1) is 0 Å². The maximum absolute atomic E-state index is 12.4. The van der Waals surface area contributed by atoms with Crippen LogP contribution in [0.15, 0.2) is 41.8 Å². The molecular weight excluding hydrogens is 336 g/mol. The summed E-state index contributed by atoms with van der Waals surface area (Å²) in [5, 5.41) is 5.09. The molecule has 1 aliphatic heterocycles. The minimum absolute atomic E-state index is 0.00460. The summed E-state index contributed by atoms with van der Waals surface area (Å²) in [6, 6.07) is 12.1. The van der Waals surface area contributed by atoms with Crippen LogP contribution in [0.1, 0.15) is 23.3 Å². The fourth-order valence-corrected chi connectivity index (χ4v) is 3.82. The van der Waals surface area contributed by atoms with Crippen molar-refractivity contribution in [2.24, 2.45) is 0 Å². The van der Waals surface area contributed by atoms with Gasteiger partial charge in [-0.05, 0) is 36.4 Å². The molecule has 1 atom stereocenters. The molecule has 1 aromatic heterocycles. The van der Waals surface area contributed by atoms with E-state index in [1.54, 1.807) is 18.4 Å². The predicted octanol–water partition coefficient (Wildman–Crippen LogP) is 3.65. The van der Waals surface area contributed by atoms with E-state index in [0.29, 0.717) is 19.8 Å². The number of rotatable bonds is 7. The van der Waals surface area contributed by atoms with Gasteiger partial charge in [0.1, 0.15) is 12.4 Å². The highest BCUT2D eigenvalue weighted by molar-refractivity contribution is 7.10. The summed E-state index contributed by atoms with van der Waals surface area (Å²) < 4.78 is 11.0. The van der Waals surface area contributed by atoms with E-state index in [0.717, 1.165) is 35.6 Å². The van der Waals surface area contributed by atoms with Gasteiger partial charge >= 0.3 is 6.03 Å². The first kappa shape index (κ1) is 17.8. The van der Waals surface area contributed by atoms with E-state index in [1.807, 2.05) is 35.2 Å². The second-order valence-electron chi connectivity index (χ2n) is 6.13. The second kappa shape index (κ2) is 8.87. The largest absolute Gasteiger partial charge is 0.489 e. The van der Waals surface area contributed by atoms with Crippen LogP contribution < -0.4 is 10.1 Å². The SMILES string of the molecule is COC[C@@H]1CCCN1C(=O)NCc1cc(COc2ccccc2)cs1. The van der Waals surface area contributed by atoms with E-state index in [1.165, 1.54) is 0 Å². The number of ether oxygens (including phenoxy) is 2. The molecule has 1 fully saturated rings.